The third kappa shape index (κ3) is 2.74. The molecule has 78 valence electrons. The predicted molar refractivity (Wildman–Crippen MR) is 66.2 cm³/mol. The molecule has 0 aliphatic heterocycles. The van der Waals surface area contributed by atoms with Gasteiger partial charge in [-0.3, -0.25) is 0 Å². The second-order valence-electron chi connectivity index (χ2n) is 2.99. The molecule has 2 N–H and O–H groups in total. The molecule has 0 saturated heterocycles. The first-order chi connectivity index (χ1) is 7.10. The smallest absolute Gasteiger partial charge is 0.0968 e. The number of allylic oxidation sites excluding steroid dienone is 1. The van der Waals surface area contributed by atoms with E-state index < -0.39 is 0 Å². The Kier molecular flexibility index (Phi) is 4.19. The summed E-state index contributed by atoms with van der Waals surface area (Å²) in [6, 6.07) is 7.47. The molecule has 0 atom stereocenters. The van der Waals surface area contributed by atoms with E-state index in [0.29, 0.717) is 22.7 Å². The molecule has 0 unspecified atom stereocenters. The maximum Gasteiger partial charge on any atom is 0.0968 e. The molecule has 0 amide bonds. The molecule has 1 aromatic rings. The lowest BCUT2D eigenvalue weighted by Crippen LogP contribution is -2.00. The zero-order valence-corrected chi connectivity index (χ0v) is 10.6. The monoisotopic (exact) mass is 284 g/mol. The molecule has 1 rings (SSSR count). The summed E-state index contributed by atoms with van der Waals surface area (Å²) in [5.74, 6) is 0. The number of nitrogens with two attached hydrogens (primary N) is 1. The minimum atomic E-state index is 0.495. The van der Waals surface area contributed by atoms with Crippen molar-refractivity contribution in [3.63, 3.8) is 0 Å². The topological polar surface area (TPSA) is 49.8 Å². The van der Waals surface area contributed by atoms with Gasteiger partial charge in [0.15, 0.2) is 0 Å². The fraction of sp³-hybridized carbons (Fsp3) is 0.182. The highest BCUT2D eigenvalue weighted by molar-refractivity contribution is 9.10. The van der Waals surface area contributed by atoms with Gasteiger partial charge in [-0.05, 0) is 40.0 Å². The molecular formula is C11H10BrClN2. The van der Waals surface area contributed by atoms with Crippen LogP contribution in [0.3, 0.4) is 0 Å². The molecular weight excluding hydrogens is 275 g/mol. The molecule has 0 fully saturated rings. The summed E-state index contributed by atoms with van der Waals surface area (Å²) in [6.07, 6.45) is 0.621. The van der Waals surface area contributed by atoms with Gasteiger partial charge in [0.05, 0.1) is 22.4 Å². The average Bonchev–Trinajstić information content (AvgIpc) is 2.23. The first kappa shape index (κ1) is 12.1. The van der Waals surface area contributed by atoms with E-state index in [-0.39, 0.29) is 0 Å². The zero-order chi connectivity index (χ0) is 11.4. The van der Waals surface area contributed by atoms with Crippen LogP contribution in [0.4, 0.5) is 0 Å². The van der Waals surface area contributed by atoms with Gasteiger partial charge < -0.3 is 5.73 Å². The maximum absolute atomic E-state index is 8.85. The van der Waals surface area contributed by atoms with Gasteiger partial charge in [-0.25, -0.2) is 0 Å². The van der Waals surface area contributed by atoms with Crippen molar-refractivity contribution in [2.45, 2.75) is 13.3 Å². The highest BCUT2D eigenvalue weighted by Gasteiger charge is 2.05. The zero-order valence-electron chi connectivity index (χ0n) is 8.22. The number of hydrogen-bond donors (Lipinski definition) is 1. The Morgan fingerprint density at radius 1 is 1.60 bits per heavy atom. The van der Waals surface area contributed by atoms with Crippen LogP contribution >= 0.6 is 27.5 Å². The van der Waals surface area contributed by atoms with E-state index in [2.05, 4.69) is 22.0 Å². The summed E-state index contributed by atoms with van der Waals surface area (Å²) in [4.78, 5) is 0. The van der Waals surface area contributed by atoms with Gasteiger partial charge in [-0.15, -0.1) is 0 Å². The van der Waals surface area contributed by atoms with E-state index in [4.69, 9.17) is 22.6 Å². The molecule has 0 aromatic heterocycles. The van der Waals surface area contributed by atoms with E-state index in [1.807, 2.05) is 19.1 Å². The number of halogens is 2. The Morgan fingerprint density at radius 3 is 2.73 bits per heavy atom. The van der Waals surface area contributed by atoms with Crippen molar-refractivity contribution in [3.8, 4) is 6.07 Å². The van der Waals surface area contributed by atoms with E-state index in [0.717, 1.165) is 10.0 Å². The Bertz CT molecular complexity index is 446. The summed E-state index contributed by atoms with van der Waals surface area (Å²) < 4.78 is 0.815. The Balaban J connectivity index is 3.24. The number of nitrogens with zero attached hydrogens (tertiary/aromatic N) is 1. The van der Waals surface area contributed by atoms with Crippen molar-refractivity contribution in [1.82, 2.24) is 0 Å². The van der Waals surface area contributed by atoms with Gasteiger partial charge >= 0.3 is 0 Å². The molecule has 0 bridgehead atoms. The van der Waals surface area contributed by atoms with Gasteiger partial charge in [0.1, 0.15) is 0 Å². The third-order valence-electron chi connectivity index (χ3n) is 2.04. The summed E-state index contributed by atoms with van der Waals surface area (Å²) >= 11 is 9.24. The molecule has 0 heterocycles. The van der Waals surface area contributed by atoms with E-state index in [9.17, 15) is 0 Å². The second kappa shape index (κ2) is 5.20. The van der Waals surface area contributed by atoms with Gasteiger partial charge in [0.25, 0.3) is 0 Å². The highest BCUT2D eigenvalue weighted by Crippen LogP contribution is 2.26. The lowest BCUT2D eigenvalue weighted by molar-refractivity contribution is 1.14. The quantitative estimate of drug-likeness (QED) is 0.842. The minimum Gasteiger partial charge on any atom is -0.397 e. The molecule has 15 heavy (non-hydrogen) atoms. The van der Waals surface area contributed by atoms with Crippen LogP contribution in [-0.2, 0) is 0 Å². The maximum atomic E-state index is 8.85. The Hall–Kier alpha value is -0.980. The summed E-state index contributed by atoms with van der Waals surface area (Å²) in [5, 5.41) is 9.44. The summed E-state index contributed by atoms with van der Waals surface area (Å²) in [7, 11) is 0. The van der Waals surface area contributed by atoms with Crippen LogP contribution in [0.1, 0.15) is 18.9 Å². The number of nitriles is 1. The van der Waals surface area contributed by atoms with Crippen molar-refractivity contribution in [1.29, 1.82) is 5.26 Å². The molecule has 1 aromatic carbocycles. The van der Waals surface area contributed by atoms with Crippen LogP contribution in [0.15, 0.2) is 28.2 Å². The Labute approximate surface area is 102 Å². The SMILES string of the molecule is CC/C(C#N)=C(/N)c1ccc(Br)c(Cl)c1. The van der Waals surface area contributed by atoms with Crippen molar-refractivity contribution in [2.24, 2.45) is 5.73 Å². The fourth-order valence-electron chi connectivity index (χ4n) is 1.17. The number of rotatable bonds is 2. The van der Waals surface area contributed by atoms with Crippen LogP contribution in [0, 0.1) is 11.3 Å². The second-order valence-corrected chi connectivity index (χ2v) is 4.25. The van der Waals surface area contributed by atoms with Crippen LogP contribution in [0.2, 0.25) is 5.02 Å². The lowest BCUT2D eigenvalue weighted by Gasteiger charge is -2.05. The van der Waals surface area contributed by atoms with Crippen LogP contribution in [0.25, 0.3) is 5.70 Å². The van der Waals surface area contributed by atoms with Gasteiger partial charge in [-0.2, -0.15) is 5.26 Å². The first-order valence-corrected chi connectivity index (χ1v) is 5.61. The minimum absolute atomic E-state index is 0.495. The standard InChI is InChI=1S/C11H10BrClN2/c1-2-7(6-14)11(15)8-3-4-9(12)10(13)5-8/h3-5H,2,15H2,1H3/b11-7-. The van der Waals surface area contributed by atoms with Crippen molar-refractivity contribution in [2.75, 3.05) is 0 Å². The normalized spacial score (nSPS) is 11.9. The molecule has 4 heteroatoms. The van der Waals surface area contributed by atoms with Crippen molar-refractivity contribution in [3.05, 3.63) is 38.8 Å². The average molecular weight is 286 g/mol. The van der Waals surface area contributed by atoms with Crippen LogP contribution < -0.4 is 5.73 Å². The van der Waals surface area contributed by atoms with Gasteiger partial charge in [0, 0.05) is 4.47 Å². The predicted octanol–water partition coefficient (Wildman–Crippen LogP) is 3.71. The molecule has 0 aliphatic carbocycles. The lowest BCUT2D eigenvalue weighted by atomic mass is 10.1. The van der Waals surface area contributed by atoms with Crippen molar-refractivity contribution >= 4 is 33.2 Å². The Morgan fingerprint density at radius 2 is 2.27 bits per heavy atom. The molecule has 0 aliphatic rings. The first-order valence-electron chi connectivity index (χ1n) is 4.44. The van der Waals surface area contributed by atoms with Gasteiger partial charge in [-0.1, -0.05) is 24.6 Å². The van der Waals surface area contributed by atoms with Gasteiger partial charge in [0.2, 0.25) is 0 Å². The van der Waals surface area contributed by atoms with Crippen LogP contribution in [-0.4, -0.2) is 0 Å². The summed E-state index contributed by atoms with van der Waals surface area (Å²) in [6.45, 7) is 1.89. The highest BCUT2D eigenvalue weighted by atomic mass is 79.9. The number of benzene rings is 1. The molecule has 2 nitrogen and oxygen atoms in total. The molecule has 0 radical (unpaired) electrons. The van der Waals surface area contributed by atoms with E-state index in [1.165, 1.54) is 0 Å². The fourth-order valence-corrected chi connectivity index (χ4v) is 1.59. The third-order valence-corrected chi connectivity index (χ3v) is 3.28. The van der Waals surface area contributed by atoms with E-state index in [1.54, 1.807) is 6.07 Å². The molecule has 0 saturated carbocycles. The largest absolute Gasteiger partial charge is 0.397 e. The van der Waals surface area contributed by atoms with Crippen LogP contribution in [0.5, 0.6) is 0 Å². The van der Waals surface area contributed by atoms with E-state index >= 15 is 0 Å². The van der Waals surface area contributed by atoms with Crippen molar-refractivity contribution < 1.29 is 0 Å². The molecule has 0 spiro atoms. The summed E-state index contributed by atoms with van der Waals surface area (Å²) in [5.41, 5.74) is 7.71. The number of hydrogen-bond acceptors (Lipinski definition) is 2.